The first-order valence-corrected chi connectivity index (χ1v) is 9.57. The summed E-state index contributed by atoms with van der Waals surface area (Å²) in [5.41, 5.74) is 6.08. The Balaban J connectivity index is 1.54. The van der Waals surface area contributed by atoms with Crippen LogP contribution in [0.2, 0.25) is 0 Å². The maximum atomic E-state index is 12.1. The third kappa shape index (κ3) is 5.10. The van der Waals surface area contributed by atoms with E-state index in [4.69, 9.17) is 4.74 Å². The van der Waals surface area contributed by atoms with Crippen LogP contribution < -0.4 is 15.5 Å². The number of hydrogen-bond acceptors (Lipinski definition) is 5. The Morgan fingerprint density at radius 3 is 2.56 bits per heavy atom. The molecule has 0 saturated carbocycles. The van der Waals surface area contributed by atoms with Crippen molar-refractivity contribution >= 4 is 34.3 Å². The van der Waals surface area contributed by atoms with Gasteiger partial charge >= 0.3 is 0 Å². The zero-order chi connectivity index (χ0) is 19.2. The zero-order valence-corrected chi connectivity index (χ0v) is 16.0. The minimum atomic E-state index is -0.116. The fraction of sp³-hybridized carbons (Fsp3) is 0.250. The van der Waals surface area contributed by atoms with Gasteiger partial charge in [0.1, 0.15) is 5.75 Å². The van der Waals surface area contributed by atoms with Gasteiger partial charge in [0.25, 0.3) is 5.24 Å². The molecule has 0 aliphatic carbocycles. The van der Waals surface area contributed by atoms with Gasteiger partial charge in [-0.15, -0.1) is 0 Å². The summed E-state index contributed by atoms with van der Waals surface area (Å²) < 4.78 is 5.12. The van der Waals surface area contributed by atoms with Crippen LogP contribution in [0, 0.1) is 5.92 Å². The first kappa shape index (κ1) is 19.0. The maximum absolute atomic E-state index is 12.1. The van der Waals surface area contributed by atoms with E-state index >= 15 is 0 Å². The highest BCUT2D eigenvalue weighted by atomic mass is 32.2. The number of benzene rings is 2. The molecule has 2 aromatic rings. The largest absolute Gasteiger partial charge is 0.497 e. The lowest BCUT2D eigenvalue weighted by molar-refractivity contribution is -0.121. The van der Waals surface area contributed by atoms with Crippen molar-refractivity contribution in [2.24, 2.45) is 11.0 Å². The number of ether oxygens (including phenoxy) is 1. The van der Waals surface area contributed by atoms with Gasteiger partial charge in [-0.25, -0.2) is 5.43 Å². The maximum Gasteiger partial charge on any atom is 0.283 e. The fourth-order valence-electron chi connectivity index (χ4n) is 2.75. The second-order valence-electron chi connectivity index (χ2n) is 6.26. The number of amides is 2. The van der Waals surface area contributed by atoms with Crippen molar-refractivity contribution in [2.45, 2.75) is 19.1 Å². The van der Waals surface area contributed by atoms with Crippen LogP contribution in [0.4, 0.5) is 10.5 Å². The van der Waals surface area contributed by atoms with Gasteiger partial charge in [-0.1, -0.05) is 43.0 Å². The third-order valence-electron chi connectivity index (χ3n) is 4.22. The van der Waals surface area contributed by atoms with E-state index in [0.717, 1.165) is 28.3 Å². The van der Waals surface area contributed by atoms with Crippen LogP contribution in [0.5, 0.6) is 5.75 Å². The topological polar surface area (TPSA) is 79.8 Å². The molecule has 0 aromatic heterocycles. The van der Waals surface area contributed by atoms with Crippen molar-refractivity contribution in [1.82, 2.24) is 5.43 Å². The van der Waals surface area contributed by atoms with E-state index < -0.39 is 0 Å². The van der Waals surface area contributed by atoms with Gasteiger partial charge in [0.05, 0.1) is 12.8 Å². The second-order valence-corrected chi connectivity index (χ2v) is 7.21. The molecule has 0 spiro atoms. The molecule has 3 rings (SSSR count). The van der Waals surface area contributed by atoms with Crippen LogP contribution in [0.25, 0.3) is 0 Å². The number of methoxy groups -OCH3 is 1. The monoisotopic (exact) mass is 383 g/mol. The standard InChI is InChI=1S/C20H21N3O3S/c1-13-11-18(24)22-23-19(13)15-5-7-16(8-6-15)21-20(25)27-12-14-3-9-17(26-2)10-4-14/h3-10,13H,11-12H2,1-2H3,(H,21,25)(H,22,24). The molecule has 2 amide bonds. The van der Waals surface area contributed by atoms with Crippen molar-refractivity contribution in [3.05, 3.63) is 59.7 Å². The van der Waals surface area contributed by atoms with Crippen molar-refractivity contribution in [1.29, 1.82) is 0 Å². The molecule has 1 heterocycles. The summed E-state index contributed by atoms with van der Waals surface area (Å²) in [6, 6.07) is 15.1. The van der Waals surface area contributed by atoms with Crippen LogP contribution in [0.1, 0.15) is 24.5 Å². The summed E-state index contributed by atoms with van der Waals surface area (Å²) in [4.78, 5) is 23.5. The molecule has 2 aromatic carbocycles. The number of anilines is 1. The van der Waals surface area contributed by atoms with E-state index in [2.05, 4.69) is 15.8 Å². The minimum Gasteiger partial charge on any atom is -0.497 e. The predicted octanol–water partition coefficient (Wildman–Crippen LogP) is 4.02. The van der Waals surface area contributed by atoms with Gasteiger partial charge in [0, 0.05) is 23.8 Å². The average molecular weight is 383 g/mol. The number of carbonyl (C=O) groups excluding carboxylic acids is 2. The smallest absolute Gasteiger partial charge is 0.283 e. The Hall–Kier alpha value is -2.80. The van der Waals surface area contributed by atoms with Gasteiger partial charge < -0.3 is 10.1 Å². The highest BCUT2D eigenvalue weighted by molar-refractivity contribution is 8.13. The molecule has 140 valence electrons. The molecule has 27 heavy (non-hydrogen) atoms. The Morgan fingerprint density at radius 1 is 1.22 bits per heavy atom. The van der Waals surface area contributed by atoms with Crippen molar-refractivity contribution in [3.8, 4) is 5.75 Å². The number of rotatable bonds is 5. The Labute approximate surface area is 162 Å². The van der Waals surface area contributed by atoms with E-state index in [9.17, 15) is 9.59 Å². The molecule has 0 bridgehead atoms. The average Bonchev–Trinajstić information content (AvgIpc) is 2.68. The van der Waals surface area contributed by atoms with E-state index in [1.165, 1.54) is 11.8 Å². The number of hydrogen-bond donors (Lipinski definition) is 2. The van der Waals surface area contributed by atoms with Crippen LogP contribution in [0.15, 0.2) is 53.6 Å². The minimum absolute atomic E-state index is 0.0657. The lowest BCUT2D eigenvalue weighted by Crippen LogP contribution is -2.31. The predicted molar refractivity (Wildman–Crippen MR) is 108 cm³/mol. The number of thioether (sulfide) groups is 1. The van der Waals surface area contributed by atoms with Gasteiger partial charge in [0.15, 0.2) is 0 Å². The lowest BCUT2D eigenvalue weighted by atomic mass is 9.94. The SMILES string of the molecule is COc1ccc(CSC(=O)Nc2ccc(C3=NNC(=O)CC3C)cc2)cc1. The van der Waals surface area contributed by atoms with Crippen LogP contribution >= 0.6 is 11.8 Å². The number of nitrogens with one attached hydrogen (secondary N) is 2. The summed E-state index contributed by atoms with van der Waals surface area (Å²) >= 11 is 1.21. The summed E-state index contributed by atoms with van der Waals surface area (Å²) in [6.45, 7) is 1.98. The first-order chi connectivity index (χ1) is 13.0. The Kier molecular flexibility index (Phi) is 6.13. The van der Waals surface area contributed by atoms with Crippen LogP contribution in [0.3, 0.4) is 0 Å². The molecule has 6 nitrogen and oxygen atoms in total. The molecule has 1 aliphatic heterocycles. The zero-order valence-electron chi connectivity index (χ0n) is 15.2. The van der Waals surface area contributed by atoms with Crippen molar-refractivity contribution < 1.29 is 14.3 Å². The first-order valence-electron chi connectivity index (χ1n) is 8.58. The van der Waals surface area contributed by atoms with Gasteiger partial charge in [-0.2, -0.15) is 5.10 Å². The highest BCUT2D eigenvalue weighted by Crippen LogP contribution is 2.21. The highest BCUT2D eigenvalue weighted by Gasteiger charge is 2.21. The van der Waals surface area contributed by atoms with E-state index in [-0.39, 0.29) is 17.1 Å². The molecular weight excluding hydrogens is 362 g/mol. The van der Waals surface area contributed by atoms with Gasteiger partial charge in [-0.05, 0) is 35.4 Å². The normalized spacial score (nSPS) is 16.3. The molecule has 7 heteroatoms. The quantitative estimate of drug-likeness (QED) is 0.817. The molecule has 0 saturated heterocycles. The number of nitrogens with zero attached hydrogens (tertiary/aromatic N) is 1. The summed E-state index contributed by atoms with van der Waals surface area (Å²) in [6.07, 6.45) is 0.430. The Morgan fingerprint density at radius 2 is 1.93 bits per heavy atom. The number of hydrazone groups is 1. The van der Waals surface area contributed by atoms with E-state index in [1.54, 1.807) is 7.11 Å². The summed E-state index contributed by atoms with van der Waals surface area (Å²) in [5, 5.41) is 6.90. The second kappa shape index (κ2) is 8.73. The molecule has 2 N–H and O–H groups in total. The van der Waals surface area contributed by atoms with Crippen molar-refractivity contribution in [2.75, 3.05) is 12.4 Å². The summed E-state index contributed by atoms with van der Waals surface area (Å²) in [5.74, 6) is 1.38. The molecule has 1 atom stereocenters. The van der Waals surface area contributed by atoms with Crippen molar-refractivity contribution in [3.63, 3.8) is 0 Å². The molecule has 0 fully saturated rings. The van der Waals surface area contributed by atoms with Crippen LogP contribution in [-0.4, -0.2) is 24.0 Å². The molecule has 1 aliphatic rings. The molecule has 1 unspecified atom stereocenters. The van der Waals surface area contributed by atoms with Gasteiger partial charge in [0.2, 0.25) is 5.91 Å². The van der Waals surface area contributed by atoms with Gasteiger partial charge in [-0.3, -0.25) is 9.59 Å². The van der Waals surface area contributed by atoms with E-state index in [0.29, 0.717) is 12.2 Å². The molecular formula is C20H21N3O3S. The van der Waals surface area contributed by atoms with Crippen LogP contribution in [-0.2, 0) is 10.5 Å². The number of carbonyl (C=O) groups is 2. The Bertz CT molecular complexity index is 848. The van der Waals surface area contributed by atoms with E-state index in [1.807, 2.05) is 55.5 Å². The summed E-state index contributed by atoms with van der Waals surface area (Å²) in [7, 11) is 1.63. The lowest BCUT2D eigenvalue weighted by Gasteiger charge is -2.19. The third-order valence-corrected chi connectivity index (χ3v) is 5.06. The fourth-order valence-corrected chi connectivity index (χ4v) is 3.43. The molecule has 0 radical (unpaired) electrons.